The lowest BCUT2D eigenvalue weighted by molar-refractivity contribution is -0.116. The number of thioether (sulfide) groups is 1. The third-order valence-corrected chi connectivity index (χ3v) is 5.92. The van der Waals surface area contributed by atoms with Crippen LogP contribution in [-0.2, 0) is 4.79 Å². The molecule has 1 N–H and O–H groups in total. The Kier molecular flexibility index (Phi) is 6.98. The molecule has 0 atom stereocenters. The summed E-state index contributed by atoms with van der Waals surface area (Å²) >= 11 is 1.88. The zero-order chi connectivity index (χ0) is 19.9. The van der Waals surface area contributed by atoms with Crippen LogP contribution >= 0.6 is 11.8 Å². The Hall–Kier alpha value is -2.47. The minimum Gasteiger partial charge on any atom is -0.376 e. The third kappa shape index (κ3) is 4.68. The van der Waals surface area contributed by atoms with E-state index in [0.717, 1.165) is 41.5 Å². The van der Waals surface area contributed by atoms with E-state index in [4.69, 9.17) is 0 Å². The van der Waals surface area contributed by atoms with Gasteiger partial charge in [-0.2, -0.15) is 11.8 Å². The molecule has 28 heavy (non-hydrogen) atoms. The van der Waals surface area contributed by atoms with Gasteiger partial charge in [-0.05, 0) is 43.7 Å². The highest BCUT2D eigenvalue weighted by Gasteiger charge is 2.21. The first-order valence-electron chi connectivity index (χ1n) is 9.67. The number of amides is 2. The van der Waals surface area contributed by atoms with Crippen molar-refractivity contribution in [1.29, 1.82) is 0 Å². The summed E-state index contributed by atoms with van der Waals surface area (Å²) in [4.78, 5) is 29.2. The average Bonchev–Trinajstić information content (AvgIpc) is 2.74. The zero-order valence-electron chi connectivity index (χ0n) is 16.5. The van der Waals surface area contributed by atoms with Crippen LogP contribution < -0.4 is 10.2 Å². The maximum absolute atomic E-state index is 12.9. The standard InChI is InChI=1S/C22H27N3O2S/c1-3-25(18-8-5-4-6-9-18)21(26)16-23-20-11-7-10-19(17(20)2)22(27)24-12-14-28-15-13-24/h4-11,23H,3,12-16H2,1-2H3. The molecule has 0 radical (unpaired) electrons. The predicted molar refractivity (Wildman–Crippen MR) is 117 cm³/mol. The fourth-order valence-electron chi connectivity index (χ4n) is 3.37. The van der Waals surface area contributed by atoms with Gasteiger partial charge >= 0.3 is 0 Å². The molecule has 1 fully saturated rings. The van der Waals surface area contributed by atoms with Gasteiger partial charge in [-0.25, -0.2) is 0 Å². The van der Waals surface area contributed by atoms with Gasteiger partial charge in [0.05, 0.1) is 6.54 Å². The van der Waals surface area contributed by atoms with Gasteiger partial charge in [0.1, 0.15) is 0 Å². The van der Waals surface area contributed by atoms with Crippen LogP contribution in [0.1, 0.15) is 22.8 Å². The van der Waals surface area contributed by atoms with Crippen LogP contribution in [0, 0.1) is 6.92 Å². The first-order chi connectivity index (χ1) is 13.6. The Morgan fingerprint density at radius 2 is 1.79 bits per heavy atom. The van der Waals surface area contributed by atoms with E-state index in [1.807, 2.05) is 79.0 Å². The van der Waals surface area contributed by atoms with Crippen molar-refractivity contribution in [2.24, 2.45) is 0 Å². The molecule has 2 aromatic rings. The van der Waals surface area contributed by atoms with Crippen LogP contribution in [0.15, 0.2) is 48.5 Å². The number of anilines is 2. The number of carbonyl (C=O) groups excluding carboxylic acids is 2. The quantitative estimate of drug-likeness (QED) is 0.808. The highest BCUT2D eigenvalue weighted by molar-refractivity contribution is 7.99. The number of nitrogens with one attached hydrogen (secondary N) is 1. The monoisotopic (exact) mass is 397 g/mol. The van der Waals surface area contributed by atoms with Gasteiger partial charge in [0.15, 0.2) is 0 Å². The lowest BCUT2D eigenvalue weighted by Crippen LogP contribution is -2.38. The van der Waals surface area contributed by atoms with Gasteiger partial charge in [0.25, 0.3) is 5.91 Å². The van der Waals surface area contributed by atoms with E-state index in [0.29, 0.717) is 12.1 Å². The predicted octanol–water partition coefficient (Wildman–Crippen LogP) is 3.65. The van der Waals surface area contributed by atoms with Crippen molar-refractivity contribution in [2.45, 2.75) is 13.8 Å². The number of hydrogen-bond donors (Lipinski definition) is 1. The first-order valence-corrected chi connectivity index (χ1v) is 10.8. The van der Waals surface area contributed by atoms with Gasteiger partial charge < -0.3 is 15.1 Å². The van der Waals surface area contributed by atoms with Gasteiger partial charge in [-0.15, -0.1) is 0 Å². The lowest BCUT2D eigenvalue weighted by atomic mass is 10.1. The Morgan fingerprint density at radius 3 is 2.46 bits per heavy atom. The summed E-state index contributed by atoms with van der Waals surface area (Å²) in [6.45, 7) is 6.28. The van der Waals surface area contributed by atoms with E-state index >= 15 is 0 Å². The number of hydrogen-bond acceptors (Lipinski definition) is 4. The summed E-state index contributed by atoms with van der Waals surface area (Å²) in [5.74, 6) is 2.05. The van der Waals surface area contributed by atoms with Crippen molar-refractivity contribution in [3.63, 3.8) is 0 Å². The summed E-state index contributed by atoms with van der Waals surface area (Å²) in [6.07, 6.45) is 0. The van der Waals surface area contributed by atoms with Crippen LogP contribution in [0.2, 0.25) is 0 Å². The summed E-state index contributed by atoms with van der Waals surface area (Å²) in [5.41, 5.74) is 3.32. The largest absolute Gasteiger partial charge is 0.376 e. The molecule has 148 valence electrons. The first kappa shape index (κ1) is 20.3. The van der Waals surface area contributed by atoms with Crippen molar-refractivity contribution >= 4 is 35.0 Å². The van der Waals surface area contributed by atoms with Gasteiger partial charge in [0.2, 0.25) is 5.91 Å². The highest BCUT2D eigenvalue weighted by Crippen LogP contribution is 2.22. The second-order valence-corrected chi connectivity index (χ2v) is 7.93. The van der Waals surface area contributed by atoms with Crippen molar-refractivity contribution in [3.8, 4) is 0 Å². The van der Waals surface area contributed by atoms with Gasteiger partial charge in [-0.1, -0.05) is 24.3 Å². The number of carbonyl (C=O) groups is 2. The molecule has 0 spiro atoms. The maximum Gasteiger partial charge on any atom is 0.254 e. The Bertz CT molecular complexity index is 820. The van der Waals surface area contributed by atoms with Crippen LogP contribution in [0.3, 0.4) is 0 Å². The minimum absolute atomic E-state index is 0.00196. The molecule has 0 bridgehead atoms. The molecule has 0 aliphatic carbocycles. The smallest absolute Gasteiger partial charge is 0.254 e. The third-order valence-electron chi connectivity index (χ3n) is 4.98. The van der Waals surface area contributed by atoms with Crippen molar-refractivity contribution in [1.82, 2.24) is 4.90 Å². The molecule has 2 amide bonds. The SMILES string of the molecule is CCN(C(=O)CNc1cccc(C(=O)N2CCSCC2)c1C)c1ccccc1. The molecule has 2 aromatic carbocycles. The number of likely N-dealkylation sites (N-methyl/N-ethyl adjacent to an activating group) is 1. The lowest BCUT2D eigenvalue weighted by Gasteiger charge is -2.27. The van der Waals surface area contributed by atoms with Crippen LogP contribution in [-0.4, -0.2) is 54.4 Å². The Labute approximate surface area is 171 Å². The van der Waals surface area contributed by atoms with E-state index in [-0.39, 0.29) is 18.4 Å². The number of nitrogens with zero attached hydrogens (tertiary/aromatic N) is 2. The van der Waals surface area contributed by atoms with Crippen molar-refractivity contribution in [2.75, 3.05) is 47.9 Å². The highest BCUT2D eigenvalue weighted by atomic mass is 32.2. The average molecular weight is 398 g/mol. The topological polar surface area (TPSA) is 52.7 Å². The summed E-state index contributed by atoms with van der Waals surface area (Å²) in [7, 11) is 0. The molecule has 0 unspecified atom stereocenters. The molecule has 3 rings (SSSR count). The van der Waals surface area contributed by atoms with Crippen LogP contribution in [0.5, 0.6) is 0 Å². The number of para-hydroxylation sites is 1. The van der Waals surface area contributed by atoms with E-state index in [1.165, 1.54) is 0 Å². The van der Waals surface area contributed by atoms with Crippen molar-refractivity contribution in [3.05, 3.63) is 59.7 Å². The fourth-order valence-corrected chi connectivity index (χ4v) is 4.28. The van der Waals surface area contributed by atoms with Gasteiger partial charge in [0, 0.05) is 48.1 Å². The van der Waals surface area contributed by atoms with Crippen LogP contribution in [0.25, 0.3) is 0 Å². The van der Waals surface area contributed by atoms with E-state index in [9.17, 15) is 9.59 Å². The molecular formula is C22H27N3O2S. The molecule has 1 aliphatic heterocycles. The molecule has 0 aromatic heterocycles. The Balaban J connectivity index is 1.69. The number of rotatable bonds is 6. The van der Waals surface area contributed by atoms with Gasteiger partial charge in [-0.3, -0.25) is 9.59 Å². The zero-order valence-corrected chi connectivity index (χ0v) is 17.3. The molecule has 1 aliphatic rings. The minimum atomic E-state index is -0.00196. The molecule has 1 heterocycles. The maximum atomic E-state index is 12.9. The van der Waals surface area contributed by atoms with Crippen molar-refractivity contribution < 1.29 is 9.59 Å². The fraction of sp³-hybridized carbons (Fsp3) is 0.364. The Morgan fingerprint density at radius 1 is 1.07 bits per heavy atom. The number of benzene rings is 2. The summed E-state index contributed by atoms with van der Waals surface area (Å²) in [6, 6.07) is 15.3. The molecule has 5 nitrogen and oxygen atoms in total. The summed E-state index contributed by atoms with van der Waals surface area (Å²) in [5, 5.41) is 3.23. The second kappa shape index (κ2) is 9.64. The second-order valence-electron chi connectivity index (χ2n) is 6.71. The molecule has 0 saturated carbocycles. The van der Waals surface area contributed by atoms with E-state index < -0.39 is 0 Å². The van der Waals surface area contributed by atoms with E-state index in [2.05, 4.69) is 5.32 Å². The van der Waals surface area contributed by atoms with E-state index in [1.54, 1.807) is 4.90 Å². The molecule has 6 heteroatoms. The molecular weight excluding hydrogens is 370 g/mol. The molecule has 1 saturated heterocycles. The summed E-state index contributed by atoms with van der Waals surface area (Å²) < 4.78 is 0. The van der Waals surface area contributed by atoms with Crippen LogP contribution in [0.4, 0.5) is 11.4 Å². The normalized spacial score (nSPS) is 13.9.